The minimum atomic E-state index is -1.26. The third-order valence-corrected chi connectivity index (χ3v) is 10.4. The Bertz CT molecular complexity index is 1040. The number of benzene rings is 3. The van der Waals surface area contributed by atoms with E-state index in [0.717, 1.165) is 0 Å². The SMILES string of the molecule is CCC(CCC(CCC(C)c1ccc2c(c1)CC2)c1ccc([Si](C)(C)C)cc1)c1ccccc1. The zero-order valence-corrected chi connectivity index (χ0v) is 23.1. The first kappa shape index (κ1) is 25.0. The van der Waals surface area contributed by atoms with E-state index >= 15 is 0 Å². The number of rotatable bonds is 11. The zero-order chi connectivity index (χ0) is 24.1. The molecule has 0 heterocycles. The van der Waals surface area contributed by atoms with Gasteiger partial charge in [0.2, 0.25) is 0 Å². The van der Waals surface area contributed by atoms with Crippen LogP contribution in [0.3, 0.4) is 0 Å². The Labute approximate surface area is 209 Å². The van der Waals surface area contributed by atoms with E-state index in [4.69, 9.17) is 0 Å². The molecular weight excluding hydrogens is 424 g/mol. The lowest BCUT2D eigenvalue weighted by Crippen LogP contribution is -2.37. The lowest BCUT2D eigenvalue weighted by atomic mass is 9.81. The molecule has 3 aromatic rings. The quantitative estimate of drug-likeness (QED) is 0.246. The van der Waals surface area contributed by atoms with Gasteiger partial charge in [-0.1, -0.05) is 111 Å². The Morgan fingerprint density at radius 2 is 1.24 bits per heavy atom. The van der Waals surface area contributed by atoms with Gasteiger partial charge in [-0.05, 0) is 90.5 Å². The molecular formula is C33H44Si. The summed E-state index contributed by atoms with van der Waals surface area (Å²) in [6.45, 7) is 12.1. The van der Waals surface area contributed by atoms with Crippen molar-refractivity contribution in [1.29, 1.82) is 0 Å². The molecule has 0 aromatic heterocycles. The normalized spacial score (nSPS) is 15.8. The molecule has 3 unspecified atom stereocenters. The highest BCUT2D eigenvalue weighted by Gasteiger charge is 2.21. The van der Waals surface area contributed by atoms with Gasteiger partial charge < -0.3 is 0 Å². The summed E-state index contributed by atoms with van der Waals surface area (Å²) in [6.07, 6.45) is 8.86. The molecule has 0 radical (unpaired) electrons. The van der Waals surface area contributed by atoms with E-state index < -0.39 is 8.07 Å². The maximum atomic E-state index is 2.49. The molecule has 0 amide bonds. The van der Waals surface area contributed by atoms with E-state index in [9.17, 15) is 0 Å². The summed E-state index contributed by atoms with van der Waals surface area (Å²) in [7, 11) is -1.26. The first-order valence-electron chi connectivity index (χ1n) is 13.6. The van der Waals surface area contributed by atoms with Gasteiger partial charge >= 0.3 is 0 Å². The molecule has 0 N–H and O–H groups in total. The predicted octanol–water partition coefficient (Wildman–Crippen LogP) is 8.97. The van der Waals surface area contributed by atoms with Crippen LogP contribution in [0.5, 0.6) is 0 Å². The highest BCUT2D eigenvalue weighted by Crippen LogP contribution is 2.36. The van der Waals surface area contributed by atoms with Gasteiger partial charge in [0.05, 0.1) is 8.07 Å². The topological polar surface area (TPSA) is 0 Å². The van der Waals surface area contributed by atoms with Crippen molar-refractivity contribution in [3.8, 4) is 0 Å². The fourth-order valence-electron chi connectivity index (χ4n) is 5.61. The van der Waals surface area contributed by atoms with E-state index in [1.807, 2.05) is 0 Å². The van der Waals surface area contributed by atoms with Crippen LogP contribution in [0.15, 0.2) is 72.8 Å². The third-order valence-electron chi connectivity index (χ3n) is 8.29. The van der Waals surface area contributed by atoms with Gasteiger partial charge in [-0.2, -0.15) is 0 Å². The van der Waals surface area contributed by atoms with Crippen molar-refractivity contribution in [1.82, 2.24) is 0 Å². The van der Waals surface area contributed by atoms with Crippen LogP contribution in [0, 0.1) is 0 Å². The van der Waals surface area contributed by atoms with Gasteiger partial charge in [-0.3, -0.25) is 0 Å². The van der Waals surface area contributed by atoms with Crippen LogP contribution in [0.2, 0.25) is 19.6 Å². The average molecular weight is 469 g/mol. The van der Waals surface area contributed by atoms with Crippen molar-refractivity contribution in [2.75, 3.05) is 0 Å². The van der Waals surface area contributed by atoms with Crippen LogP contribution in [0.4, 0.5) is 0 Å². The van der Waals surface area contributed by atoms with Crippen molar-refractivity contribution in [2.24, 2.45) is 0 Å². The molecule has 4 rings (SSSR count). The summed E-state index contributed by atoms with van der Waals surface area (Å²) in [4.78, 5) is 0. The highest BCUT2D eigenvalue weighted by atomic mass is 28.3. The number of aryl methyl sites for hydroxylation is 2. The fourth-order valence-corrected chi connectivity index (χ4v) is 6.77. The Kier molecular flexibility index (Phi) is 8.14. The van der Waals surface area contributed by atoms with E-state index in [-0.39, 0.29) is 0 Å². The first-order valence-corrected chi connectivity index (χ1v) is 17.1. The molecule has 1 aliphatic carbocycles. The maximum absolute atomic E-state index is 2.49. The Hall–Kier alpha value is -2.12. The Morgan fingerprint density at radius 3 is 1.82 bits per heavy atom. The number of hydrogen-bond acceptors (Lipinski definition) is 0. The minimum absolute atomic E-state index is 0.630. The Morgan fingerprint density at radius 1 is 0.647 bits per heavy atom. The standard InChI is InChI=1S/C33H44Si/c1-6-26(27-10-8-7-9-11-27)14-15-28(29-20-22-33(23-21-29)34(3,4)5)13-12-25(2)31-18-16-30-17-19-32(30)24-31/h7-11,16,18,20-26,28H,6,12-15,17,19H2,1-5H3. The van der Waals surface area contributed by atoms with Gasteiger partial charge in [0.15, 0.2) is 0 Å². The summed E-state index contributed by atoms with van der Waals surface area (Å²) in [5.74, 6) is 1.93. The van der Waals surface area contributed by atoms with Gasteiger partial charge in [0, 0.05) is 0 Å². The summed E-state index contributed by atoms with van der Waals surface area (Å²) in [6, 6.07) is 28.2. The molecule has 0 bridgehead atoms. The van der Waals surface area contributed by atoms with Crippen LogP contribution in [-0.4, -0.2) is 8.07 Å². The maximum Gasteiger partial charge on any atom is 0.0775 e. The fraction of sp³-hybridized carbons (Fsp3) is 0.455. The van der Waals surface area contributed by atoms with Gasteiger partial charge in [0.25, 0.3) is 0 Å². The van der Waals surface area contributed by atoms with E-state index in [1.165, 1.54) is 50.5 Å². The van der Waals surface area contributed by atoms with E-state index in [2.05, 4.69) is 106 Å². The van der Waals surface area contributed by atoms with Crippen molar-refractivity contribution < 1.29 is 0 Å². The van der Waals surface area contributed by atoms with Crippen molar-refractivity contribution in [3.63, 3.8) is 0 Å². The molecule has 0 fully saturated rings. The molecule has 0 aliphatic heterocycles. The van der Waals surface area contributed by atoms with Crippen LogP contribution >= 0.6 is 0 Å². The molecule has 1 heteroatoms. The molecule has 3 aromatic carbocycles. The average Bonchev–Trinajstić information content (AvgIpc) is 2.82. The number of hydrogen-bond donors (Lipinski definition) is 0. The van der Waals surface area contributed by atoms with Crippen LogP contribution in [0.1, 0.15) is 91.5 Å². The second-order valence-corrected chi connectivity index (χ2v) is 16.7. The molecule has 0 nitrogen and oxygen atoms in total. The lowest BCUT2D eigenvalue weighted by Gasteiger charge is -2.25. The number of fused-ring (bicyclic) bond motifs is 1. The van der Waals surface area contributed by atoms with Crippen molar-refractivity contribution in [2.45, 2.75) is 96.2 Å². The van der Waals surface area contributed by atoms with Crippen LogP contribution < -0.4 is 5.19 Å². The molecule has 3 atom stereocenters. The lowest BCUT2D eigenvalue weighted by molar-refractivity contribution is 0.471. The summed E-state index contributed by atoms with van der Waals surface area (Å²) in [5.41, 5.74) is 7.77. The largest absolute Gasteiger partial charge is 0.0775 e. The molecule has 0 spiro atoms. The third kappa shape index (κ3) is 6.11. The summed E-state index contributed by atoms with van der Waals surface area (Å²) in [5, 5.41) is 1.57. The summed E-state index contributed by atoms with van der Waals surface area (Å²) >= 11 is 0. The van der Waals surface area contributed by atoms with Crippen LogP contribution in [0.25, 0.3) is 0 Å². The second kappa shape index (κ2) is 11.1. The molecule has 0 saturated carbocycles. The zero-order valence-electron chi connectivity index (χ0n) is 22.1. The van der Waals surface area contributed by atoms with Gasteiger partial charge in [0.1, 0.15) is 0 Å². The molecule has 0 saturated heterocycles. The van der Waals surface area contributed by atoms with Gasteiger partial charge in [-0.15, -0.1) is 0 Å². The second-order valence-electron chi connectivity index (χ2n) is 11.7. The van der Waals surface area contributed by atoms with Gasteiger partial charge in [-0.25, -0.2) is 0 Å². The predicted molar refractivity (Wildman–Crippen MR) is 152 cm³/mol. The van der Waals surface area contributed by atoms with Crippen LogP contribution in [-0.2, 0) is 12.8 Å². The monoisotopic (exact) mass is 468 g/mol. The Balaban J connectivity index is 1.47. The first-order chi connectivity index (χ1) is 16.3. The van der Waals surface area contributed by atoms with Crippen molar-refractivity contribution in [3.05, 3.63) is 101 Å². The smallest absolute Gasteiger partial charge is 0.0656 e. The molecule has 34 heavy (non-hydrogen) atoms. The summed E-state index contributed by atoms with van der Waals surface area (Å²) < 4.78 is 0. The minimum Gasteiger partial charge on any atom is -0.0656 e. The highest BCUT2D eigenvalue weighted by molar-refractivity contribution is 6.88. The van der Waals surface area contributed by atoms with E-state index in [1.54, 1.807) is 27.4 Å². The molecule has 1 aliphatic rings. The van der Waals surface area contributed by atoms with Crippen molar-refractivity contribution >= 4 is 13.3 Å². The van der Waals surface area contributed by atoms with E-state index in [0.29, 0.717) is 17.8 Å². The molecule has 180 valence electrons.